The molecule has 0 N–H and O–H groups in total. The molecule has 402 valence electrons. The van der Waals surface area contributed by atoms with Crippen molar-refractivity contribution in [1.82, 2.24) is 9.13 Å². The molecule has 0 bridgehead atoms. The highest BCUT2D eigenvalue weighted by Crippen LogP contribution is 2.48. The number of fused-ring (bicyclic) bond motifs is 12. The van der Waals surface area contributed by atoms with Crippen molar-refractivity contribution in [3.63, 3.8) is 0 Å². The summed E-state index contributed by atoms with van der Waals surface area (Å²) in [6.07, 6.45) is 0. The molecule has 0 fully saturated rings. The summed E-state index contributed by atoms with van der Waals surface area (Å²) in [7, 11) is 0. The van der Waals surface area contributed by atoms with Crippen molar-refractivity contribution in [2.45, 2.75) is 0 Å². The summed E-state index contributed by atoms with van der Waals surface area (Å²) >= 11 is 0. The third kappa shape index (κ3) is 8.07. The van der Waals surface area contributed by atoms with E-state index in [1.54, 1.807) is 0 Å². The van der Waals surface area contributed by atoms with Crippen molar-refractivity contribution in [3.8, 4) is 33.6 Å². The fraction of sp³-hybridized carbons (Fsp3) is 0. The van der Waals surface area contributed by atoms with Crippen molar-refractivity contribution in [1.29, 1.82) is 0 Å². The zero-order valence-electron chi connectivity index (χ0n) is 47.0. The number of hydrogen-bond acceptors (Lipinski definition) is 2. The number of benzene rings is 15. The van der Waals surface area contributed by atoms with Gasteiger partial charge in [-0.05, 0) is 187 Å². The minimum atomic E-state index is 1.09. The molecule has 0 spiro atoms. The van der Waals surface area contributed by atoms with E-state index in [2.05, 4.69) is 347 Å². The lowest BCUT2D eigenvalue weighted by Crippen LogP contribution is -2.09. The molecule has 2 heterocycles. The van der Waals surface area contributed by atoms with Gasteiger partial charge in [0.25, 0.3) is 0 Å². The molecule has 0 aliphatic heterocycles. The lowest BCUT2D eigenvalue weighted by atomic mass is 9.93. The number of anilines is 6. The Hall–Kier alpha value is -11.5. The fourth-order valence-corrected chi connectivity index (χ4v) is 13.7. The Morgan fingerprint density at radius 3 is 0.907 bits per heavy atom. The van der Waals surface area contributed by atoms with Crippen molar-refractivity contribution in [2.24, 2.45) is 0 Å². The van der Waals surface area contributed by atoms with Crippen molar-refractivity contribution < 1.29 is 0 Å². The monoisotopic (exact) mass is 1090 g/mol. The number of nitrogens with zero attached hydrogens (tertiary/aromatic N) is 4. The van der Waals surface area contributed by atoms with E-state index in [-0.39, 0.29) is 0 Å². The summed E-state index contributed by atoms with van der Waals surface area (Å²) in [6.45, 7) is 0. The molecule has 0 unspecified atom stereocenters. The van der Waals surface area contributed by atoms with Gasteiger partial charge in [0.15, 0.2) is 0 Å². The summed E-state index contributed by atoms with van der Waals surface area (Å²) in [5, 5.41) is 14.6. The van der Waals surface area contributed by atoms with Crippen LogP contribution in [0.15, 0.2) is 328 Å². The standard InChI is InChI=1S/C82H54N4/c1-5-25-61(26-6-1)83(67-47-37-55-21-13-15-23-59(55)49-67)65-43-39-57(40-44-65)73-51-79-81(71-35-19-17-33-69(71)73)75-53-78-76(54-77(75)85(79)63-29-9-3-10-30-63)82-72-36-20-18-34-70(72)74(52-80(82)86(78)64-31-11-4-12-32-64)58-41-45-66(46-42-58)84(62-27-7-2-8-28-62)68-48-38-56-22-14-16-24-60(56)50-68/h1-54H. The number of aromatic nitrogens is 2. The molecule has 0 atom stereocenters. The van der Waals surface area contributed by atoms with Crippen LogP contribution in [0.25, 0.3) is 120 Å². The van der Waals surface area contributed by atoms with Crippen molar-refractivity contribution in [3.05, 3.63) is 328 Å². The average molecular weight is 1100 g/mol. The number of hydrogen-bond donors (Lipinski definition) is 0. The van der Waals surface area contributed by atoms with Gasteiger partial charge < -0.3 is 18.9 Å². The van der Waals surface area contributed by atoms with Crippen LogP contribution in [-0.4, -0.2) is 9.13 Å². The van der Waals surface area contributed by atoms with E-state index < -0.39 is 0 Å². The summed E-state index contributed by atoms with van der Waals surface area (Å²) in [4.78, 5) is 4.71. The molecule has 0 amide bonds. The smallest absolute Gasteiger partial charge is 0.0553 e. The summed E-state index contributed by atoms with van der Waals surface area (Å²) in [5.41, 5.74) is 18.2. The van der Waals surface area contributed by atoms with E-state index >= 15 is 0 Å². The van der Waals surface area contributed by atoms with Crippen LogP contribution in [0.3, 0.4) is 0 Å². The Kier molecular flexibility index (Phi) is 11.5. The van der Waals surface area contributed by atoms with Gasteiger partial charge in [0, 0.05) is 67.0 Å². The summed E-state index contributed by atoms with van der Waals surface area (Å²) in [5.74, 6) is 0. The highest BCUT2D eigenvalue weighted by molar-refractivity contribution is 6.30. The maximum Gasteiger partial charge on any atom is 0.0553 e. The first-order valence-electron chi connectivity index (χ1n) is 29.6. The Bertz CT molecular complexity index is 5090. The van der Waals surface area contributed by atoms with Gasteiger partial charge >= 0.3 is 0 Å². The van der Waals surface area contributed by atoms with Gasteiger partial charge in [-0.2, -0.15) is 0 Å². The maximum atomic E-state index is 2.51. The topological polar surface area (TPSA) is 16.3 Å². The van der Waals surface area contributed by atoms with E-state index in [9.17, 15) is 0 Å². The largest absolute Gasteiger partial charge is 0.310 e. The van der Waals surface area contributed by atoms with Gasteiger partial charge in [0.2, 0.25) is 0 Å². The minimum absolute atomic E-state index is 1.09. The SMILES string of the molecule is c1ccc(N(c2ccc(-c3cc4c(c5ccccc35)c3cc5c(cc3n4-c3ccccc3)c3c4ccccc4c(-c4ccc(N(c6ccccc6)c6ccc7ccccc7c6)cc4)cc3n5-c3ccccc3)cc2)c2ccc3ccccc3c2)cc1. The number of para-hydroxylation sites is 4. The highest BCUT2D eigenvalue weighted by atomic mass is 15.1. The van der Waals surface area contributed by atoms with E-state index in [1.165, 1.54) is 75.8 Å². The van der Waals surface area contributed by atoms with Gasteiger partial charge in [-0.3, -0.25) is 0 Å². The molecule has 0 aliphatic rings. The van der Waals surface area contributed by atoms with E-state index in [1.807, 2.05) is 0 Å². The molecule has 0 saturated heterocycles. The molecule has 4 heteroatoms. The molecule has 17 aromatic rings. The molecule has 2 aromatic heterocycles. The summed E-state index contributed by atoms with van der Waals surface area (Å²) in [6, 6.07) is 120. The second kappa shape index (κ2) is 20.2. The van der Waals surface area contributed by atoms with Crippen LogP contribution in [0.2, 0.25) is 0 Å². The van der Waals surface area contributed by atoms with Crippen LogP contribution in [0.4, 0.5) is 34.1 Å². The zero-order chi connectivity index (χ0) is 56.7. The Balaban J connectivity index is 0.861. The van der Waals surface area contributed by atoms with Crippen LogP contribution in [0.5, 0.6) is 0 Å². The van der Waals surface area contributed by atoms with Gasteiger partial charge in [0.05, 0.1) is 22.1 Å². The molecule has 15 aromatic carbocycles. The maximum absolute atomic E-state index is 2.51. The van der Waals surface area contributed by atoms with E-state index in [4.69, 9.17) is 0 Å². The predicted molar refractivity (Wildman–Crippen MR) is 365 cm³/mol. The predicted octanol–water partition coefficient (Wildman–Crippen LogP) is 22.8. The molecular weight excluding hydrogens is 1040 g/mol. The highest BCUT2D eigenvalue weighted by Gasteiger charge is 2.25. The first-order valence-corrected chi connectivity index (χ1v) is 29.6. The van der Waals surface area contributed by atoms with Gasteiger partial charge in [0.1, 0.15) is 0 Å². The molecule has 4 nitrogen and oxygen atoms in total. The molecular formula is C82H54N4. The number of rotatable bonds is 10. The van der Waals surface area contributed by atoms with E-state index in [0.29, 0.717) is 0 Å². The first kappa shape index (κ1) is 49.2. The first-order chi connectivity index (χ1) is 42.7. The lowest BCUT2D eigenvalue weighted by molar-refractivity contribution is 1.18. The van der Waals surface area contributed by atoms with Gasteiger partial charge in [-0.25, -0.2) is 0 Å². The third-order valence-electron chi connectivity index (χ3n) is 17.6. The fourth-order valence-electron chi connectivity index (χ4n) is 13.7. The second-order valence-corrected chi connectivity index (χ2v) is 22.5. The van der Waals surface area contributed by atoms with Crippen molar-refractivity contribution in [2.75, 3.05) is 9.80 Å². The van der Waals surface area contributed by atoms with Crippen molar-refractivity contribution >= 4 is 121 Å². The Morgan fingerprint density at radius 1 is 0.198 bits per heavy atom. The zero-order valence-corrected chi connectivity index (χ0v) is 47.0. The third-order valence-corrected chi connectivity index (χ3v) is 17.6. The summed E-state index contributed by atoms with van der Waals surface area (Å²) < 4.78 is 5.01. The van der Waals surface area contributed by atoms with E-state index in [0.717, 1.165) is 78.7 Å². The van der Waals surface area contributed by atoms with Crippen LogP contribution in [-0.2, 0) is 0 Å². The molecule has 0 saturated carbocycles. The van der Waals surface area contributed by atoms with Gasteiger partial charge in [-0.15, -0.1) is 0 Å². The molecule has 0 radical (unpaired) electrons. The second-order valence-electron chi connectivity index (χ2n) is 22.5. The Morgan fingerprint density at radius 2 is 0.512 bits per heavy atom. The van der Waals surface area contributed by atoms with Crippen LogP contribution in [0, 0.1) is 0 Å². The molecule has 17 rings (SSSR count). The van der Waals surface area contributed by atoms with Crippen LogP contribution in [0.1, 0.15) is 0 Å². The molecule has 86 heavy (non-hydrogen) atoms. The quantitative estimate of drug-likeness (QED) is 0.136. The van der Waals surface area contributed by atoms with Crippen LogP contribution < -0.4 is 9.80 Å². The van der Waals surface area contributed by atoms with Crippen LogP contribution >= 0.6 is 0 Å². The lowest BCUT2D eigenvalue weighted by Gasteiger charge is -2.26. The molecule has 0 aliphatic carbocycles. The van der Waals surface area contributed by atoms with Gasteiger partial charge in [-0.1, -0.05) is 206 Å². The average Bonchev–Trinajstić information content (AvgIpc) is 1.62. The Labute approximate surface area is 498 Å². The minimum Gasteiger partial charge on any atom is -0.310 e. The normalized spacial score (nSPS) is 11.7.